The second-order valence-corrected chi connectivity index (χ2v) is 5.37. The van der Waals surface area contributed by atoms with E-state index >= 15 is 0 Å². The highest BCUT2D eigenvalue weighted by Gasteiger charge is 2.40. The molecule has 116 valence electrons. The predicted molar refractivity (Wildman–Crippen MR) is 75.8 cm³/mol. The fourth-order valence-electron chi connectivity index (χ4n) is 2.62. The van der Waals surface area contributed by atoms with E-state index in [9.17, 15) is 9.59 Å². The molecule has 0 bridgehead atoms. The maximum Gasteiger partial charge on any atom is 0.307 e. The largest absolute Gasteiger partial charge is 0.469 e. The number of morpholine rings is 1. The molecule has 1 atom stereocenters. The first-order valence-electron chi connectivity index (χ1n) is 6.82. The van der Waals surface area contributed by atoms with Gasteiger partial charge in [0, 0.05) is 19.0 Å². The highest BCUT2D eigenvalue weighted by molar-refractivity contribution is 5.85. The minimum Gasteiger partial charge on any atom is -0.469 e. The van der Waals surface area contributed by atoms with Gasteiger partial charge in [-0.15, -0.1) is 12.4 Å². The number of esters is 1. The van der Waals surface area contributed by atoms with E-state index in [-0.39, 0.29) is 42.3 Å². The SMILES string of the molecule is COC(=O)CC1(NC(=O)CC2COCCN2)CCC1.Cl. The van der Waals surface area contributed by atoms with Crippen LogP contribution in [0.1, 0.15) is 32.1 Å². The summed E-state index contributed by atoms with van der Waals surface area (Å²) in [6.45, 7) is 2.05. The number of hydrogen-bond donors (Lipinski definition) is 2. The van der Waals surface area contributed by atoms with E-state index in [1.54, 1.807) is 0 Å². The third kappa shape index (κ3) is 4.61. The van der Waals surface area contributed by atoms with Crippen molar-refractivity contribution >= 4 is 24.3 Å². The number of carbonyl (C=O) groups is 2. The highest BCUT2D eigenvalue weighted by atomic mass is 35.5. The van der Waals surface area contributed by atoms with Gasteiger partial charge in [0.1, 0.15) is 0 Å². The third-order valence-electron chi connectivity index (χ3n) is 3.86. The van der Waals surface area contributed by atoms with Gasteiger partial charge in [-0.3, -0.25) is 9.59 Å². The average molecular weight is 307 g/mol. The van der Waals surface area contributed by atoms with Crippen molar-refractivity contribution in [2.75, 3.05) is 26.9 Å². The molecule has 1 saturated heterocycles. The summed E-state index contributed by atoms with van der Waals surface area (Å²) < 4.78 is 10.0. The van der Waals surface area contributed by atoms with Crippen LogP contribution in [0.2, 0.25) is 0 Å². The average Bonchev–Trinajstić information content (AvgIpc) is 2.37. The molecule has 0 radical (unpaired) electrons. The Morgan fingerprint density at radius 3 is 2.70 bits per heavy atom. The minimum atomic E-state index is -0.375. The summed E-state index contributed by atoms with van der Waals surface area (Å²) in [5, 5.41) is 6.25. The Kier molecular flexibility index (Phi) is 6.71. The van der Waals surface area contributed by atoms with E-state index in [2.05, 4.69) is 10.6 Å². The first-order chi connectivity index (χ1) is 9.13. The summed E-state index contributed by atoms with van der Waals surface area (Å²) >= 11 is 0. The minimum absolute atomic E-state index is 0. The van der Waals surface area contributed by atoms with Crippen molar-refractivity contribution in [3.63, 3.8) is 0 Å². The third-order valence-corrected chi connectivity index (χ3v) is 3.86. The summed E-state index contributed by atoms with van der Waals surface area (Å²) in [5.74, 6) is -0.286. The monoisotopic (exact) mass is 306 g/mol. The molecule has 7 heteroatoms. The first kappa shape index (κ1) is 17.2. The lowest BCUT2D eigenvalue weighted by molar-refractivity contribution is -0.144. The molecular weight excluding hydrogens is 284 g/mol. The van der Waals surface area contributed by atoms with E-state index in [1.165, 1.54) is 7.11 Å². The molecule has 1 aliphatic heterocycles. The van der Waals surface area contributed by atoms with Gasteiger partial charge in [0.2, 0.25) is 5.91 Å². The molecule has 0 aromatic rings. The Balaban J connectivity index is 0.00000200. The van der Waals surface area contributed by atoms with Crippen LogP contribution < -0.4 is 10.6 Å². The van der Waals surface area contributed by atoms with Crippen molar-refractivity contribution < 1.29 is 19.1 Å². The molecule has 20 heavy (non-hydrogen) atoms. The normalized spacial score (nSPS) is 23.9. The molecule has 2 aliphatic rings. The molecular formula is C13H23ClN2O4. The molecule has 0 aromatic carbocycles. The summed E-state index contributed by atoms with van der Waals surface area (Å²) in [6, 6.07) is 0.0732. The summed E-state index contributed by atoms with van der Waals surface area (Å²) in [6.07, 6.45) is 3.40. The van der Waals surface area contributed by atoms with Gasteiger partial charge >= 0.3 is 5.97 Å². The van der Waals surface area contributed by atoms with Crippen molar-refractivity contribution in [1.82, 2.24) is 10.6 Å². The molecule has 1 heterocycles. The molecule has 6 nitrogen and oxygen atoms in total. The Labute approximate surface area is 125 Å². The summed E-state index contributed by atoms with van der Waals surface area (Å²) in [4.78, 5) is 23.4. The standard InChI is InChI=1S/C13H22N2O4.ClH/c1-18-12(17)8-13(3-2-4-13)15-11(16)7-10-9-19-6-5-14-10;/h10,14H,2-9H2,1H3,(H,15,16);1H. The van der Waals surface area contributed by atoms with Crippen LogP contribution in [-0.4, -0.2) is 50.3 Å². The molecule has 1 aliphatic carbocycles. The number of nitrogens with one attached hydrogen (secondary N) is 2. The fraction of sp³-hybridized carbons (Fsp3) is 0.846. The Bertz CT molecular complexity index is 341. The van der Waals surface area contributed by atoms with Crippen LogP contribution >= 0.6 is 12.4 Å². The molecule has 0 spiro atoms. The van der Waals surface area contributed by atoms with E-state index in [0.717, 1.165) is 25.8 Å². The van der Waals surface area contributed by atoms with Crippen LogP contribution in [0.4, 0.5) is 0 Å². The lowest BCUT2D eigenvalue weighted by Gasteiger charge is -2.42. The zero-order chi connectivity index (χ0) is 13.7. The molecule has 1 saturated carbocycles. The Morgan fingerprint density at radius 1 is 1.45 bits per heavy atom. The van der Waals surface area contributed by atoms with Gasteiger partial charge < -0.3 is 20.1 Å². The van der Waals surface area contributed by atoms with Gasteiger partial charge in [-0.1, -0.05) is 0 Å². The first-order valence-corrected chi connectivity index (χ1v) is 6.82. The van der Waals surface area contributed by atoms with Crippen LogP contribution in [-0.2, 0) is 19.1 Å². The number of amides is 1. The van der Waals surface area contributed by atoms with Gasteiger partial charge in [-0.05, 0) is 19.3 Å². The zero-order valence-electron chi connectivity index (χ0n) is 11.8. The Hall–Kier alpha value is -0.850. The second-order valence-electron chi connectivity index (χ2n) is 5.37. The van der Waals surface area contributed by atoms with Crippen LogP contribution in [0, 0.1) is 0 Å². The van der Waals surface area contributed by atoms with E-state index in [4.69, 9.17) is 9.47 Å². The lowest BCUT2D eigenvalue weighted by Crippen LogP contribution is -2.56. The number of methoxy groups -OCH3 is 1. The highest BCUT2D eigenvalue weighted by Crippen LogP contribution is 2.35. The number of hydrogen-bond acceptors (Lipinski definition) is 5. The quantitative estimate of drug-likeness (QED) is 0.719. The Morgan fingerprint density at radius 2 is 2.20 bits per heavy atom. The molecule has 0 aromatic heterocycles. The van der Waals surface area contributed by atoms with Crippen molar-refractivity contribution in [2.45, 2.75) is 43.7 Å². The number of carbonyl (C=O) groups excluding carboxylic acids is 2. The fourth-order valence-corrected chi connectivity index (χ4v) is 2.62. The van der Waals surface area contributed by atoms with E-state index in [1.807, 2.05) is 0 Å². The zero-order valence-corrected chi connectivity index (χ0v) is 12.6. The van der Waals surface area contributed by atoms with E-state index < -0.39 is 0 Å². The number of ether oxygens (including phenoxy) is 2. The van der Waals surface area contributed by atoms with Crippen LogP contribution in [0.15, 0.2) is 0 Å². The molecule has 1 amide bonds. The number of halogens is 1. The van der Waals surface area contributed by atoms with Crippen molar-refractivity contribution in [3.8, 4) is 0 Å². The predicted octanol–water partition coefficient (Wildman–Crippen LogP) is 0.389. The van der Waals surface area contributed by atoms with E-state index in [0.29, 0.717) is 19.6 Å². The summed E-state index contributed by atoms with van der Waals surface area (Å²) in [5.41, 5.74) is -0.375. The molecule has 1 unspecified atom stereocenters. The number of rotatable bonds is 5. The van der Waals surface area contributed by atoms with Crippen LogP contribution in [0.25, 0.3) is 0 Å². The summed E-state index contributed by atoms with van der Waals surface area (Å²) in [7, 11) is 1.37. The van der Waals surface area contributed by atoms with Crippen molar-refractivity contribution in [2.24, 2.45) is 0 Å². The molecule has 2 fully saturated rings. The van der Waals surface area contributed by atoms with Gasteiger partial charge in [-0.2, -0.15) is 0 Å². The van der Waals surface area contributed by atoms with Crippen LogP contribution in [0.3, 0.4) is 0 Å². The van der Waals surface area contributed by atoms with Gasteiger partial charge in [0.15, 0.2) is 0 Å². The lowest BCUT2D eigenvalue weighted by atomic mass is 9.74. The molecule has 2 N–H and O–H groups in total. The van der Waals surface area contributed by atoms with Gasteiger partial charge in [-0.25, -0.2) is 0 Å². The van der Waals surface area contributed by atoms with Gasteiger partial charge in [0.25, 0.3) is 0 Å². The van der Waals surface area contributed by atoms with Gasteiger partial charge in [0.05, 0.1) is 32.3 Å². The topological polar surface area (TPSA) is 76.7 Å². The maximum absolute atomic E-state index is 12.0. The smallest absolute Gasteiger partial charge is 0.307 e. The maximum atomic E-state index is 12.0. The van der Waals surface area contributed by atoms with Crippen LogP contribution in [0.5, 0.6) is 0 Å². The van der Waals surface area contributed by atoms with Crippen molar-refractivity contribution in [1.29, 1.82) is 0 Å². The molecule has 2 rings (SSSR count). The second kappa shape index (κ2) is 7.81. The van der Waals surface area contributed by atoms with Crippen molar-refractivity contribution in [3.05, 3.63) is 0 Å².